The van der Waals surface area contributed by atoms with Crippen LogP contribution in [0.25, 0.3) is 0 Å². The van der Waals surface area contributed by atoms with Crippen molar-refractivity contribution in [1.82, 2.24) is 9.55 Å². The summed E-state index contributed by atoms with van der Waals surface area (Å²) < 4.78 is 2.10. The first-order valence-electron chi connectivity index (χ1n) is 3.66. The average molecular weight is 217 g/mol. The molecular formula is C8H13BrN2. The van der Waals surface area contributed by atoms with E-state index in [4.69, 9.17) is 0 Å². The van der Waals surface area contributed by atoms with Gasteiger partial charge in [0.1, 0.15) is 0 Å². The maximum absolute atomic E-state index is 3.99. The van der Waals surface area contributed by atoms with Crippen LogP contribution in [0.15, 0.2) is 18.7 Å². The molecule has 2 nitrogen and oxygen atoms in total. The average Bonchev–Trinajstić information content (AvgIpc) is 2.39. The van der Waals surface area contributed by atoms with Gasteiger partial charge < -0.3 is 4.57 Å². The second-order valence-corrected chi connectivity index (χ2v) is 4.09. The first-order chi connectivity index (χ1) is 5.14. The third-order valence-corrected chi connectivity index (χ3v) is 3.05. The normalized spacial score (nSPS) is 11.9. The van der Waals surface area contributed by atoms with Gasteiger partial charge >= 0.3 is 0 Å². The summed E-state index contributed by atoms with van der Waals surface area (Å²) in [6.07, 6.45) is 5.65. The van der Waals surface area contributed by atoms with E-state index in [-0.39, 0.29) is 0 Å². The minimum absolute atomic E-state index is 0.306. The van der Waals surface area contributed by atoms with E-state index >= 15 is 0 Å². The summed E-state index contributed by atoms with van der Waals surface area (Å²) in [5.41, 5.74) is 0.306. The number of halogens is 1. The Morgan fingerprint density at radius 3 is 2.73 bits per heavy atom. The van der Waals surface area contributed by atoms with Gasteiger partial charge in [-0.05, 0) is 5.41 Å². The molecule has 0 amide bonds. The van der Waals surface area contributed by atoms with E-state index in [1.165, 1.54) is 0 Å². The van der Waals surface area contributed by atoms with Crippen LogP contribution in [-0.4, -0.2) is 14.9 Å². The van der Waals surface area contributed by atoms with Crippen molar-refractivity contribution >= 4 is 15.9 Å². The zero-order valence-corrected chi connectivity index (χ0v) is 8.50. The van der Waals surface area contributed by atoms with E-state index in [0.717, 1.165) is 11.9 Å². The van der Waals surface area contributed by atoms with Crippen LogP contribution in [0.2, 0.25) is 0 Å². The standard InChI is InChI=1S/C8H13BrN2/c1-8(2,5-9)6-11-4-3-10-7-11/h3-4,7H,5-6H2,1-2H3. The van der Waals surface area contributed by atoms with Crippen LogP contribution in [0.1, 0.15) is 13.8 Å². The van der Waals surface area contributed by atoms with Crippen LogP contribution >= 0.6 is 15.9 Å². The molecule has 0 N–H and O–H groups in total. The topological polar surface area (TPSA) is 17.8 Å². The lowest BCUT2D eigenvalue weighted by molar-refractivity contribution is 0.354. The van der Waals surface area contributed by atoms with Crippen LogP contribution in [0.3, 0.4) is 0 Å². The first-order valence-corrected chi connectivity index (χ1v) is 4.78. The largest absolute Gasteiger partial charge is 0.337 e. The van der Waals surface area contributed by atoms with Gasteiger partial charge in [0.15, 0.2) is 0 Å². The number of aromatic nitrogens is 2. The molecule has 1 aromatic rings. The van der Waals surface area contributed by atoms with Crippen LogP contribution in [0, 0.1) is 5.41 Å². The molecule has 0 fully saturated rings. The number of hydrogen-bond acceptors (Lipinski definition) is 1. The third kappa shape index (κ3) is 2.66. The molecule has 0 aliphatic heterocycles. The molecular weight excluding hydrogens is 204 g/mol. The summed E-state index contributed by atoms with van der Waals surface area (Å²) in [5, 5.41) is 1.01. The second-order valence-electron chi connectivity index (χ2n) is 3.53. The highest BCUT2D eigenvalue weighted by Crippen LogP contribution is 2.20. The van der Waals surface area contributed by atoms with Gasteiger partial charge in [-0.2, -0.15) is 0 Å². The Bertz CT molecular complexity index is 204. The Hall–Kier alpha value is -0.310. The fraction of sp³-hybridized carbons (Fsp3) is 0.625. The highest BCUT2D eigenvalue weighted by atomic mass is 79.9. The number of nitrogens with zero attached hydrogens (tertiary/aromatic N) is 2. The van der Waals surface area contributed by atoms with Crippen molar-refractivity contribution in [3.8, 4) is 0 Å². The number of rotatable bonds is 3. The van der Waals surface area contributed by atoms with E-state index in [2.05, 4.69) is 39.3 Å². The Labute approximate surface area is 75.8 Å². The van der Waals surface area contributed by atoms with Crippen molar-refractivity contribution in [2.75, 3.05) is 5.33 Å². The van der Waals surface area contributed by atoms with Crippen molar-refractivity contribution in [2.45, 2.75) is 20.4 Å². The van der Waals surface area contributed by atoms with Gasteiger partial charge in [0.2, 0.25) is 0 Å². The maximum atomic E-state index is 3.99. The fourth-order valence-electron chi connectivity index (χ4n) is 0.917. The molecule has 0 aromatic carbocycles. The van der Waals surface area contributed by atoms with E-state index in [9.17, 15) is 0 Å². The van der Waals surface area contributed by atoms with Gasteiger partial charge in [-0.1, -0.05) is 29.8 Å². The maximum Gasteiger partial charge on any atom is 0.0946 e. The summed E-state index contributed by atoms with van der Waals surface area (Å²) >= 11 is 3.48. The highest BCUT2D eigenvalue weighted by molar-refractivity contribution is 9.09. The van der Waals surface area contributed by atoms with Crippen molar-refractivity contribution in [3.05, 3.63) is 18.7 Å². The monoisotopic (exact) mass is 216 g/mol. The molecule has 0 saturated heterocycles. The lowest BCUT2D eigenvalue weighted by Crippen LogP contribution is -2.20. The van der Waals surface area contributed by atoms with Crippen molar-refractivity contribution in [1.29, 1.82) is 0 Å². The summed E-state index contributed by atoms with van der Waals surface area (Å²) in [6, 6.07) is 0. The zero-order valence-electron chi connectivity index (χ0n) is 6.92. The van der Waals surface area contributed by atoms with Crippen molar-refractivity contribution in [3.63, 3.8) is 0 Å². The molecule has 0 bridgehead atoms. The van der Waals surface area contributed by atoms with E-state index in [1.54, 1.807) is 0 Å². The van der Waals surface area contributed by atoms with Gasteiger partial charge in [0, 0.05) is 24.3 Å². The van der Waals surface area contributed by atoms with Crippen LogP contribution in [-0.2, 0) is 6.54 Å². The molecule has 62 valence electrons. The predicted octanol–water partition coefficient (Wildman–Crippen LogP) is 2.30. The summed E-state index contributed by atoms with van der Waals surface area (Å²) in [6.45, 7) is 5.46. The minimum Gasteiger partial charge on any atom is -0.337 e. The SMILES string of the molecule is CC(C)(CBr)Cn1ccnc1. The third-order valence-electron chi connectivity index (χ3n) is 1.53. The smallest absolute Gasteiger partial charge is 0.0946 e. The number of alkyl halides is 1. The van der Waals surface area contributed by atoms with Crippen molar-refractivity contribution in [2.24, 2.45) is 5.41 Å². The molecule has 0 unspecified atom stereocenters. The molecule has 0 radical (unpaired) electrons. The predicted molar refractivity (Wildman–Crippen MR) is 49.8 cm³/mol. The molecule has 0 aliphatic rings. The van der Waals surface area contributed by atoms with Gasteiger partial charge in [0.25, 0.3) is 0 Å². The summed E-state index contributed by atoms with van der Waals surface area (Å²) in [4.78, 5) is 3.99. The number of imidazole rings is 1. The van der Waals surface area contributed by atoms with Crippen LogP contribution < -0.4 is 0 Å². The van der Waals surface area contributed by atoms with E-state index in [1.807, 2.05) is 18.7 Å². The zero-order chi connectivity index (χ0) is 8.32. The Balaban J connectivity index is 2.56. The van der Waals surface area contributed by atoms with Gasteiger partial charge in [-0.25, -0.2) is 4.98 Å². The molecule has 0 saturated carbocycles. The lowest BCUT2D eigenvalue weighted by Gasteiger charge is -2.21. The lowest BCUT2D eigenvalue weighted by atomic mass is 9.97. The second kappa shape index (κ2) is 3.39. The molecule has 3 heteroatoms. The minimum atomic E-state index is 0.306. The fourth-order valence-corrected chi connectivity index (χ4v) is 1.09. The summed E-state index contributed by atoms with van der Waals surface area (Å²) in [7, 11) is 0. The quantitative estimate of drug-likeness (QED) is 0.710. The van der Waals surface area contributed by atoms with Crippen molar-refractivity contribution < 1.29 is 0 Å². The molecule has 1 rings (SSSR count). The molecule has 0 atom stereocenters. The van der Waals surface area contributed by atoms with Crippen LogP contribution in [0.4, 0.5) is 0 Å². The van der Waals surface area contributed by atoms with Gasteiger partial charge in [0.05, 0.1) is 6.33 Å². The molecule has 1 heterocycles. The van der Waals surface area contributed by atoms with E-state index in [0.29, 0.717) is 5.41 Å². The molecule has 11 heavy (non-hydrogen) atoms. The van der Waals surface area contributed by atoms with E-state index < -0.39 is 0 Å². The summed E-state index contributed by atoms with van der Waals surface area (Å²) in [5.74, 6) is 0. The Morgan fingerprint density at radius 1 is 1.55 bits per heavy atom. The van der Waals surface area contributed by atoms with Gasteiger partial charge in [-0.3, -0.25) is 0 Å². The Morgan fingerprint density at radius 2 is 2.27 bits per heavy atom. The molecule has 1 aromatic heterocycles. The molecule has 0 spiro atoms. The number of hydrogen-bond donors (Lipinski definition) is 0. The van der Waals surface area contributed by atoms with Gasteiger partial charge in [-0.15, -0.1) is 0 Å². The first kappa shape index (κ1) is 8.78. The molecule has 0 aliphatic carbocycles. The highest BCUT2D eigenvalue weighted by Gasteiger charge is 2.15. The van der Waals surface area contributed by atoms with Crippen LogP contribution in [0.5, 0.6) is 0 Å². The Kier molecular flexibility index (Phi) is 2.71.